The van der Waals surface area contributed by atoms with Gasteiger partial charge in [-0.2, -0.15) is 5.10 Å². The van der Waals surface area contributed by atoms with E-state index in [1.54, 1.807) is 16.8 Å². The fraction of sp³-hybridized carbons (Fsp3) is 0.444. The monoisotopic (exact) mass is 366 g/mol. The minimum Gasteiger partial charge on any atom is -0.352 e. The van der Waals surface area contributed by atoms with Gasteiger partial charge in [-0.3, -0.25) is 4.79 Å². The van der Waals surface area contributed by atoms with Crippen molar-refractivity contribution in [3.05, 3.63) is 47.5 Å². The fourth-order valence-corrected chi connectivity index (χ4v) is 2.97. The molecule has 0 saturated carbocycles. The lowest BCUT2D eigenvalue weighted by atomic mass is 10.0. The van der Waals surface area contributed by atoms with Gasteiger partial charge in [0.2, 0.25) is 5.91 Å². The SMILES string of the molecule is Cc1nn(-c2ccc(F)cc2)cc1CNC(=O)CCC1CCNC1.Cl. The van der Waals surface area contributed by atoms with Gasteiger partial charge < -0.3 is 10.6 Å². The zero-order chi connectivity index (χ0) is 16.9. The molecule has 0 spiro atoms. The number of benzene rings is 1. The van der Waals surface area contributed by atoms with Crippen molar-refractivity contribution in [1.82, 2.24) is 20.4 Å². The molecule has 3 rings (SSSR count). The third-order valence-corrected chi connectivity index (χ3v) is 4.51. The first kappa shape index (κ1) is 19.4. The number of hydrogen-bond donors (Lipinski definition) is 2. The molecule has 1 aromatic heterocycles. The first-order chi connectivity index (χ1) is 11.6. The number of nitrogens with zero attached hydrogens (tertiary/aromatic N) is 2. The standard InChI is InChI=1S/C18H23FN4O.ClH/c1-13-15(11-21-18(24)7-2-14-8-9-20-10-14)12-23(22-13)17-5-3-16(19)4-6-17;/h3-6,12,14,20H,2,7-11H2,1H3,(H,21,24);1H. The lowest BCUT2D eigenvalue weighted by Gasteiger charge is -2.08. The van der Waals surface area contributed by atoms with E-state index >= 15 is 0 Å². The highest BCUT2D eigenvalue weighted by atomic mass is 35.5. The van der Waals surface area contributed by atoms with Crippen molar-refractivity contribution >= 4 is 18.3 Å². The molecule has 0 aliphatic carbocycles. The van der Waals surface area contributed by atoms with Crippen LogP contribution in [0.15, 0.2) is 30.5 Å². The quantitative estimate of drug-likeness (QED) is 0.826. The molecule has 2 N–H and O–H groups in total. The van der Waals surface area contributed by atoms with E-state index in [9.17, 15) is 9.18 Å². The van der Waals surface area contributed by atoms with Crippen LogP contribution >= 0.6 is 12.4 Å². The Morgan fingerprint density at radius 3 is 2.84 bits per heavy atom. The van der Waals surface area contributed by atoms with Gasteiger partial charge in [-0.1, -0.05) is 0 Å². The molecule has 1 saturated heterocycles. The second-order valence-corrected chi connectivity index (χ2v) is 6.33. The molecule has 0 bridgehead atoms. The molecule has 1 fully saturated rings. The van der Waals surface area contributed by atoms with E-state index in [0.29, 0.717) is 18.9 Å². The average molecular weight is 367 g/mol. The predicted octanol–water partition coefficient (Wildman–Crippen LogP) is 2.75. The van der Waals surface area contributed by atoms with Crippen molar-refractivity contribution < 1.29 is 9.18 Å². The highest BCUT2D eigenvalue weighted by molar-refractivity contribution is 5.85. The maximum atomic E-state index is 13.0. The summed E-state index contributed by atoms with van der Waals surface area (Å²) in [7, 11) is 0. The second-order valence-electron chi connectivity index (χ2n) is 6.33. The molecule has 1 amide bonds. The topological polar surface area (TPSA) is 59.0 Å². The summed E-state index contributed by atoms with van der Waals surface area (Å²) in [6.07, 6.45) is 4.55. The second kappa shape index (κ2) is 8.97. The molecule has 0 radical (unpaired) electrons. The highest BCUT2D eigenvalue weighted by Crippen LogP contribution is 2.15. The molecular formula is C18H24ClFN4O. The summed E-state index contributed by atoms with van der Waals surface area (Å²) in [5.74, 6) is 0.433. The number of carbonyl (C=O) groups excluding carboxylic acids is 1. The van der Waals surface area contributed by atoms with Gasteiger partial charge in [-0.05, 0) is 63.0 Å². The van der Waals surface area contributed by atoms with E-state index in [-0.39, 0.29) is 24.1 Å². The van der Waals surface area contributed by atoms with Gasteiger partial charge in [-0.25, -0.2) is 9.07 Å². The van der Waals surface area contributed by atoms with Crippen LogP contribution in [0.1, 0.15) is 30.5 Å². The van der Waals surface area contributed by atoms with E-state index in [0.717, 1.165) is 42.9 Å². The molecule has 1 atom stereocenters. The van der Waals surface area contributed by atoms with Crippen LogP contribution in [-0.2, 0) is 11.3 Å². The lowest BCUT2D eigenvalue weighted by Crippen LogP contribution is -2.23. The Hall–Kier alpha value is -1.92. The van der Waals surface area contributed by atoms with Crippen molar-refractivity contribution in [3.8, 4) is 5.69 Å². The Balaban J connectivity index is 0.00000225. The Labute approximate surface area is 153 Å². The number of amides is 1. The van der Waals surface area contributed by atoms with Crippen molar-refractivity contribution in [3.63, 3.8) is 0 Å². The Morgan fingerprint density at radius 2 is 2.16 bits per heavy atom. The summed E-state index contributed by atoms with van der Waals surface area (Å²) in [6.45, 7) is 4.46. The Bertz CT molecular complexity index is 696. The summed E-state index contributed by atoms with van der Waals surface area (Å²) < 4.78 is 14.7. The van der Waals surface area contributed by atoms with Crippen LogP contribution < -0.4 is 10.6 Å². The van der Waals surface area contributed by atoms with Crippen molar-refractivity contribution in [2.24, 2.45) is 5.92 Å². The summed E-state index contributed by atoms with van der Waals surface area (Å²) in [5.41, 5.74) is 2.63. The van der Waals surface area contributed by atoms with E-state index in [2.05, 4.69) is 15.7 Å². The third-order valence-electron chi connectivity index (χ3n) is 4.51. The van der Waals surface area contributed by atoms with Gasteiger partial charge in [0.15, 0.2) is 0 Å². The van der Waals surface area contributed by atoms with Crippen molar-refractivity contribution in [2.45, 2.75) is 32.7 Å². The van der Waals surface area contributed by atoms with E-state index in [4.69, 9.17) is 0 Å². The number of rotatable bonds is 6. The van der Waals surface area contributed by atoms with Crippen molar-refractivity contribution in [2.75, 3.05) is 13.1 Å². The Kier molecular flexibility index (Phi) is 6.96. The number of aromatic nitrogens is 2. The average Bonchev–Trinajstić information content (AvgIpc) is 3.21. The highest BCUT2D eigenvalue weighted by Gasteiger charge is 2.16. The molecule has 136 valence electrons. The smallest absolute Gasteiger partial charge is 0.220 e. The van der Waals surface area contributed by atoms with Gasteiger partial charge >= 0.3 is 0 Å². The molecular weight excluding hydrogens is 343 g/mol. The summed E-state index contributed by atoms with van der Waals surface area (Å²) in [4.78, 5) is 12.0. The van der Waals surface area contributed by atoms with Crippen LogP contribution in [0.3, 0.4) is 0 Å². The molecule has 1 aromatic carbocycles. The van der Waals surface area contributed by atoms with Crippen LogP contribution in [0.2, 0.25) is 0 Å². The molecule has 2 aromatic rings. The van der Waals surface area contributed by atoms with Gasteiger partial charge in [0.05, 0.1) is 11.4 Å². The number of hydrogen-bond acceptors (Lipinski definition) is 3. The maximum absolute atomic E-state index is 13.0. The van der Waals surface area contributed by atoms with Gasteiger partial charge in [0.1, 0.15) is 5.82 Å². The molecule has 5 nitrogen and oxygen atoms in total. The third kappa shape index (κ3) is 5.28. The summed E-state index contributed by atoms with van der Waals surface area (Å²) >= 11 is 0. The van der Waals surface area contributed by atoms with Crippen LogP contribution in [0, 0.1) is 18.7 Å². The molecule has 2 heterocycles. The normalized spacial score (nSPS) is 16.5. The molecule has 25 heavy (non-hydrogen) atoms. The minimum absolute atomic E-state index is 0. The van der Waals surface area contributed by atoms with Crippen LogP contribution in [0.5, 0.6) is 0 Å². The first-order valence-corrected chi connectivity index (χ1v) is 8.40. The fourth-order valence-electron chi connectivity index (χ4n) is 2.97. The number of nitrogens with one attached hydrogen (secondary N) is 2. The largest absolute Gasteiger partial charge is 0.352 e. The summed E-state index contributed by atoms with van der Waals surface area (Å²) in [6, 6.07) is 6.18. The summed E-state index contributed by atoms with van der Waals surface area (Å²) in [5, 5.41) is 10.7. The molecule has 1 aliphatic heterocycles. The first-order valence-electron chi connectivity index (χ1n) is 8.40. The predicted molar refractivity (Wildman–Crippen MR) is 97.6 cm³/mol. The Morgan fingerprint density at radius 1 is 1.40 bits per heavy atom. The van der Waals surface area contributed by atoms with Crippen LogP contribution in [0.25, 0.3) is 5.69 Å². The molecule has 1 unspecified atom stereocenters. The zero-order valence-corrected chi connectivity index (χ0v) is 15.1. The van der Waals surface area contributed by atoms with E-state index in [1.165, 1.54) is 12.1 Å². The van der Waals surface area contributed by atoms with Gasteiger partial charge in [-0.15, -0.1) is 12.4 Å². The maximum Gasteiger partial charge on any atom is 0.220 e. The molecule has 1 aliphatic rings. The van der Waals surface area contributed by atoms with Gasteiger partial charge in [0, 0.05) is 24.7 Å². The molecule has 7 heteroatoms. The minimum atomic E-state index is -0.271. The van der Waals surface area contributed by atoms with Crippen LogP contribution in [-0.4, -0.2) is 28.8 Å². The van der Waals surface area contributed by atoms with E-state index < -0.39 is 0 Å². The zero-order valence-electron chi connectivity index (χ0n) is 14.3. The number of carbonyl (C=O) groups is 1. The van der Waals surface area contributed by atoms with Gasteiger partial charge in [0.25, 0.3) is 0 Å². The van der Waals surface area contributed by atoms with E-state index in [1.807, 2.05) is 13.1 Å². The van der Waals surface area contributed by atoms with Crippen LogP contribution in [0.4, 0.5) is 4.39 Å². The number of halogens is 2. The number of aryl methyl sites for hydroxylation is 1. The lowest BCUT2D eigenvalue weighted by molar-refractivity contribution is -0.121. The van der Waals surface area contributed by atoms with Crippen molar-refractivity contribution in [1.29, 1.82) is 0 Å².